The van der Waals surface area contributed by atoms with E-state index in [1.165, 1.54) is 0 Å². The maximum atomic E-state index is 13.0. The number of fused-ring (bicyclic) bond motifs is 7. The second-order valence-corrected chi connectivity index (χ2v) is 14.7. The lowest BCUT2D eigenvalue weighted by Gasteiger charge is -2.72. The molecule has 4 saturated carbocycles. The Balaban J connectivity index is 1.68. The molecular weight excluding hydrogens is 456 g/mol. The van der Waals surface area contributed by atoms with Gasteiger partial charge in [-0.3, -0.25) is 9.59 Å². The number of carbonyl (C=O) groups is 2. The van der Waals surface area contributed by atoms with Crippen LogP contribution in [-0.2, 0) is 9.59 Å². The molecule has 5 aliphatic carbocycles. The first-order valence-electron chi connectivity index (χ1n) is 14.0. The number of aliphatic carboxylic acids is 1. The first kappa shape index (κ1) is 26.4. The van der Waals surface area contributed by atoms with E-state index in [1.807, 2.05) is 27.7 Å². The molecule has 4 N–H and O–H groups in total. The number of Topliss-reactive ketones (excluding diaryl/α,β-unsaturated/α-hetero) is 1. The average molecular weight is 503 g/mol. The lowest BCUT2D eigenvalue weighted by atomic mass is 9.32. The standard InChI is InChI=1S/C30H46O6/c1-16-10-13-30(24(34)35)15-14-26(4)17(21(30)29(16,7)36)8-9-19-27(26,5)12-11-18-25(2,3)22(32)20(31)23(33)28(18,19)6/h8,16,18-21,23,31,33,36H,9-15H2,1-7H3,(H,34,35)/t16-,18?,19?,20+,21?,23-,26-,27-,28+,29?,30+/m1/s1. The summed E-state index contributed by atoms with van der Waals surface area (Å²) in [4.78, 5) is 25.9. The number of allylic oxidation sites excluding steroid dienone is 1. The van der Waals surface area contributed by atoms with Crippen LogP contribution in [0.4, 0.5) is 0 Å². The van der Waals surface area contributed by atoms with Crippen molar-refractivity contribution in [2.45, 2.75) is 111 Å². The molecule has 0 saturated heterocycles. The van der Waals surface area contributed by atoms with Gasteiger partial charge in [0.25, 0.3) is 0 Å². The molecule has 0 spiro atoms. The highest BCUT2D eigenvalue weighted by atomic mass is 16.4. The lowest BCUT2D eigenvalue weighted by Crippen LogP contribution is -2.71. The van der Waals surface area contributed by atoms with Crippen LogP contribution in [0.2, 0.25) is 0 Å². The minimum atomic E-state index is -1.40. The smallest absolute Gasteiger partial charge is 0.310 e. The van der Waals surface area contributed by atoms with Gasteiger partial charge in [0.1, 0.15) is 6.10 Å². The molecule has 0 aromatic heterocycles. The zero-order valence-corrected chi connectivity index (χ0v) is 23.1. The number of ketones is 1. The largest absolute Gasteiger partial charge is 0.481 e. The van der Waals surface area contributed by atoms with E-state index in [0.29, 0.717) is 25.7 Å². The van der Waals surface area contributed by atoms with Gasteiger partial charge in [0.15, 0.2) is 5.78 Å². The van der Waals surface area contributed by atoms with Gasteiger partial charge in [0, 0.05) is 16.7 Å². The topological polar surface area (TPSA) is 115 Å². The highest BCUT2D eigenvalue weighted by Gasteiger charge is 2.73. The van der Waals surface area contributed by atoms with Crippen molar-refractivity contribution in [1.29, 1.82) is 0 Å². The molecule has 6 nitrogen and oxygen atoms in total. The summed E-state index contributed by atoms with van der Waals surface area (Å²) in [6.07, 6.45) is 4.51. The van der Waals surface area contributed by atoms with E-state index < -0.39 is 45.9 Å². The van der Waals surface area contributed by atoms with Gasteiger partial charge in [-0.05, 0) is 80.5 Å². The quantitative estimate of drug-likeness (QED) is 0.396. The van der Waals surface area contributed by atoms with Crippen molar-refractivity contribution in [1.82, 2.24) is 0 Å². The SMILES string of the molecule is C[C@@H]1CC[C@]2(C(=O)O)CC[C@]3(C)C(=CCC4[C@]5(C)C(CC[C@]43C)C(C)(C)C(=O)[C@H](O)[C@H]5O)C2C1(C)O. The number of hydrogen-bond acceptors (Lipinski definition) is 5. The first-order chi connectivity index (χ1) is 16.4. The molecule has 0 aromatic carbocycles. The lowest BCUT2D eigenvalue weighted by molar-refractivity contribution is -0.241. The molecule has 4 unspecified atom stereocenters. The van der Waals surface area contributed by atoms with Crippen molar-refractivity contribution in [3.8, 4) is 0 Å². The van der Waals surface area contributed by atoms with Crippen LogP contribution < -0.4 is 0 Å². The Morgan fingerprint density at radius 2 is 1.58 bits per heavy atom. The number of carboxylic acid groups (broad SMARTS) is 1. The zero-order valence-electron chi connectivity index (χ0n) is 23.1. The highest BCUT2D eigenvalue weighted by Crippen LogP contribution is 2.75. The maximum Gasteiger partial charge on any atom is 0.310 e. The monoisotopic (exact) mass is 502 g/mol. The van der Waals surface area contributed by atoms with Crippen LogP contribution in [0.15, 0.2) is 11.6 Å². The number of carboxylic acids is 1. The Hall–Kier alpha value is -1.24. The first-order valence-corrected chi connectivity index (χ1v) is 14.0. The number of aliphatic hydroxyl groups excluding tert-OH is 2. The van der Waals surface area contributed by atoms with Crippen LogP contribution >= 0.6 is 0 Å². The minimum absolute atomic E-state index is 0.000802. The molecule has 0 heterocycles. The van der Waals surface area contributed by atoms with Gasteiger partial charge >= 0.3 is 5.97 Å². The fraction of sp³-hybridized carbons (Fsp3) is 0.867. The normalized spacial score (nSPS) is 55.9. The number of rotatable bonds is 1. The Morgan fingerprint density at radius 1 is 0.944 bits per heavy atom. The number of aliphatic hydroxyl groups is 3. The molecule has 0 aliphatic heterocycles. The fourth-order valence-corrected chi connectivity index (χ4v) is 10.7. The molecular formula is C30H46O6. The molecule has 0 bridgehead atoms. The molecule has 5 rings (SSSR count). The summed E-state index contributed by atoms with van der Waals surface area (Å²) in [5.74, 6) is -1.54. The zero-order chi connectivity index (χ0) is 26.9. The van der Waals surface area contributed by atoms with Crippen LogP contribution in [0, 0.1) is 50.7 Å². The number of carbonyl (C=O) groups excluding carboxylic acids is 1. The minimum Gasteiger partial charge on any atom is -0.481 e. The van der Waals surface area contributed by atoms with Gasteiger partial charge in [-0.25, -0.2) is 0 Å². The van der Waals surface area contributed by atoms with E-state index in [4.69, 9.17) is 0 Å². The predicted molar refractivity (Wildman–Crippen MR) is 136 cm³/mol. The molecule has 0 aromatic rings. The van der Waals surface area contributed by atoms with E-state index >= 15 is 0 Å². The van der Waals surface area contributed by atoms with Crippen molar-refractivity contribution in [3.05, 3.63) is 11.6 Å². The van der Waals surface area contributed by atoms with E-state index in [-0.39, 0.29) is 34.4 Å². The average Bonchev–Trinajstić information content (AvgIpc) is 2.79. The van der Waals surface area contributed by atoms with Gasteiger partial charge in [0.05, 0.1) is 17.1 Å². The Kier molecular flexibility index (Phi) is 5.45. The second-order valence-electron chi connectivity index (χ2n) is 14.7. The van der Waals surface area contributed by atoms with Gasteiger partial charge in [-0.1, -0.05) is 53.2 Å². The van der Waals surface area contributed by atoms with Gasteiger partial charge in [-0.15, -0.1) is 0 Å². The molecule has 5 aliphatic rings. The fourth-order valence-electron chi connectivity index (χ4n) is 10.7. The highest BCUT2D eigenvalue weighted by molar-refractivity contribution is 5.90. The van der Waals surface area contributed by atoms with Gasteiger partial charge in [0.2, 0.25) is 0 Å². The molecule has 0 radical (unpaired) electrons. The maximum absolute atomic E-state index is 13.0. The third kappa shape index (κ3) is 2.74. The molecule has 36 heavy (non-hydrogen) atoms. The predicted octanol–water partition coefficient (Wildman–Crippen LogP) is 4.35. The van der Waals surface area contributed by atoms with Gasteiger partial charge in [-0.2, -0.15) is 0 Å². The van der Waals surface area contributed by atoms with Crippen LogP contribution in [0.1, 0.15) is 93.4 Å². The Labute approximate surface area is 215 Å². The summed E-state index contributed by atoms with van der Waals surface area (Å²) >= 11 is 0. The van der Waals surface area contributed by atoms with E-state index in [0.717, 1.165) is 24.8 Å². The molecule has 6 heteroatoms. The third-order valence-corrected chi connectivity index (χ3v) is 13.4. The van der Waals surface area contributed by atoms with E-state index in [9.17, 15) is 30.0 Å². The van der Waals surface area contributed by atoms with Crippen LogP contribution in [0.3, 0.4) is 0 Å². The summed E-state index contributed by atoms with van der Waals surface area (Å²) in [5.41, 5.74) is -2.98. The molecule has 4 fully saturated rings. The van der Waals surface area contributed by atoms with E-state index in [2.05, 4.69) is 26.8 Å². The Bertz CT molecular complexity index is 1030. The van der Waals surface area contributed by atoms with Crippen LogP contribution in [-0.4, -0.2) is 50.0 Å². The summed E-state index contributed by atoms with van der Waals surface area (Å²) in [6, 6.07) is 0. The summed E-state index contributed by atoms with van der Waals surface area (Å²) < 4.78 is 0. The van der Waals surface area contributed by atoms with Gasteiger partial charge < -0.3 is 20.4 Å². The molecule has 11 atom stereocenters. The van der Waals surface area contributed by atoms with Crippen LogP contribution in [0.5, 0.6) is 0 Å². The summed E-state index contributed by atoms with van der Waals surface area (Å²) in [6.45, 7) is 14.4. The third-order valence-electron chi connectivity index (χ3n) is 13.4. The summed E-state index contributed by atoms with van der Waals surface area (Å²) in [5, 5.41) is 44.8. The molecule has 202 valence electrons. The van der Waals surface area contributed by atoms with Crippen molar-refractivity contribution in [2.75, 3.05) is 0 Å². The van der Waals surface area contributed by atoms with Crippen molar-refractivity contribution < 1.29 is 30.0 Å². The second kappa shape index (κ2) is 7.45. The van der Waals surface area contributed by atoms with Crippen molar-refractivity contribution in [3.63, 3.8) is 0 Å². The number of hydrogen-bond donors (Lipinski definition) is 4. The van der Waals surface area contributed by atoms with Crippen molar-refractivity contribution in [2.24, 2.45) is 50.7 Å². The van der Waals surface area contributed by atoms with E-state index in [1.54, 1.807) is 0 Å². The van der Waals surface area contributed by atoms with Crippen LogP contribution in [0.25, 0.3) is 0 Å². The Morgan fingerprint density at radius 3 is 2.19 bits per heavy atom. The van der Waals surface area contributed by atoms with Crippen molar-refractivity contribution >= 4 is 11.8 Å². The molecule has 0 amide bonds. The summed E-state index contributed by atoms with van der Waals surface area (Å²) in [7, 11) is 0.